The number of hydrogen-bond donors (Lipinski definition) is 2. The van der Waals surface area contributed by atoms with Crippen LogP contribution in [0.5, 0.6) is 11.5 Å². The Morgan fingerprint density at radius 1 is 1.02 bits per heavy atom. The van der Waals surface area contributed by atoms with Crippen LogP contribution in [-0.4, -0.2) is 63.3 Å². The Hall–Kier alpha value is -3.63. The van der Waals surface area contributed by atoms with Gasteiger partial charge in [-0.2, -0.15) is 0 Å². The van der Waals surface area contributed by atoms with Gasteiger partial charge >= 0.3 is 0 Å². The molecule has 2 fully saturated rings. The van der Waals surface area contributed by atoms with Crippen molar-refractivity contribution in [3.63, 3.8) is 0 Å². The zero-order valence-electron chi connectivity index (χ0n) is 26.3. The van der Waals surface area contributed by atoms with Gasteiger partial charge in [0.05, 0.1) is 30.6 Å². The number of nitrogens with one attached hydrogen (secondary N) is 2. The zero-order chi connectivity index (χ0) is 30.9. The first-order valence-electron chi connectivity index (χ1n) is 16.1. The molecule has 0 unspecified atom stereocenters. The van der Waals surface area contributed by atoms with Gasteiger partial charge in [0.2, 0.25) is 0 Å². The number of benzene rings is 2. The lowest BCUT2D eigenvalue weighted by Crippen LogP contribution is -2.44. The highest BCUT2D eigenvalue weighted by Crippen LogP contribution is 2.40. The van der Waals surface area contributed by atoms with Gasteiger partial charge in [-0.15, -0.1) is 0 Å². The molecule has 2 aliphatic carbocycles. The van der Waals surface area contributed by atoms with Crippen LogP contribution >= 0.6 is 15.9 Å². The molecule has 0 spiro atoms. The van der Waals surface area contributed by atoms with Crippen LogP contribution in [0.2, 0.25) is 0 Å². The number of methoxy groups -OCH3 is 2. The third-order valence-electron chi connectivity index (χ3n) is 10.0. The summed E-state index contributed by atoms with van der Waals surface area (Å²) in [7, 11) is 5.68. The summed E-state index contributed by atoms with van der Waals surface area (Å²) in [5, 5.41) is 4.57. The minimum atomic E-state index is 0.476. The van der Waals surface area contributed by atoms with Crippen LogP contribution in [0.15, 0.2) is 59.5 Å². The van der Waals surface area contributed by atoms with E-state index in [1.54, 1.807) is 20.5 Å². The lowest BCUT2D eigenvalue weighted by molar-refractivity contribution is 0.0828. The Kier molecular flexibility index (Phi) is 8.68. The first-order valence-corrected chi connectivity index (χ1v) is 16.9. The fourth-order valence-corrected chi connectivity index (χ4v) is 7.76. The molecular formula is C35H42BrN7O2. The van der Waals surface area contributed by atoms with Crippen molar-refractivity contribution in [2.75, 3.05) is 33.1 Å². The fourth-order valence-electron chi connectivity index (χ4n) is 7.40. The summed E-state index contributed by atoms with van der Waals surface area (Å²) in [6.07, 6.45) is 12.4. The number of ether oxygens (including phenoxy) is 2. The summed E-state index contributed by atoms with van der Waals surface area (Å²) < 4.78 is 14.4. The average molecular weight is 673 g/mol. The highest BCUT2D eigenvalue weighted by atomic mass is 79.9. The van der Waals surface area contributed by atoms with E-state index in [9.17, 15) is 0 Å². The van der Waals surface area contributed by atoms with Crippen LogP contribution in [0.1, 0.15) is 56.0 Å². The summed E-state index contributed by atoms with van der Waals surface area (Å²) in [5.74, 6) is 5.04. The summed E-state index contributed by atoms with van der Waals surface area (Å²) in [6, 6.07) is 15.5. The molecule has 0 amide bonds. The highest BCUT2D eigenvalue weighted by Gasteiger charge is 2.34. The molecule has 0 bridgehead atoms. The molecule has 0 saturated heterocycles. The Balaban J connectivity index is 0.902. The molecule has 9 nitrogen and oxygen atoms in total. The Morgan fingerprint density at radius 2 is 1.91 bits per heavy atom. The minimum Gasteiger partial charge on any atom is -0.497 e. The van der Waals surface area contributed by atoms with Gasteiger partial charge in [0.25, 0.3) is 0 Å². The zero-order valence-corrected chi connectivity index (χ0v) is 27.9. The van der Waals surface area contributed by atoms with Crippen molar-refractivity contribution in [1.29, 1.82) is 0 Å². The van der Waals surface area contributed by atoms with Crippen molar-refractivity contribution in [3.8, 4) is 11.5 Å². The lowest BCUT2D eigenvalue weighted by Gasteiger charge is -2.42. The van der Waals surface area contributed by atoms with E-state index in [0.29, 0.717) is 24.5 Å². The normalized spacial score (nSPS) is 21.4. The molecule has 2 aliphatic rings. The van der Waals surface area contributed by atoms with Gasteiger partial charge in [-0.1, -0.05) is 15.9 Å². The van der Waals surface area contributed by atoms with Crippen molar-refractivity contribution in [2.24, 2.45) is 11.8 Å². The number of halogens is 1. The SMILES string of the molecule is COc1ccc(CNc2ncnc3c2ccn3[C@H]2CC[C@@H](CN(C)C3CC(CCc4nc5ccc(Br)cc5[nH]4)C3)C2)c(OC)c1. The van der Waals surface area contributed by atoms with Gasteiger partial charge in [-0.05, 0) is 93.8 Å². The third-order valence-corrected chi connectivity index (χ3v) is 10.5. The quantitative estimate of drug-likeness (QED) is 0.143. The summed E-state index contributed by atoms with van der Waals surface area (Å²) in [5.41, 5.74) is 4.22. The van der Waals surface area contributed by atoms with E-state index < -0.39 is 0 Å². The average Bonchev–Trinajstić information content (AvgIpc) is 3.77. The van der Waals surface area contributed by atoms with Crippen LogP contribution in [0.4, 0.5) is 5.82 Å². The van der Waals surface area contributed by atoms with E-state index in [4.69, 9.17) is 19.4 Å². The summed E-state index contributed by atoms with van der Waals surface area (Å²) >= 11 is 3.55. The van der Waals surface area contributed by atoms with Crippen molar-refractivity contribution in [3.05, 3.63) is 70.8 Å². The van der Waals surface area contributed by atoms with Crippen LogP contribution in [0.3, 0.4) is 0 Å². The molecule has 45 heavy (non-hydrogen) atoms. The van der Waals surface area contributed by atoms with Crippen molar-refractivity contribution < 1.29 is 9.47 Å². The van der Waals surface area contributed by atoms with E-state index in [-0.39, 0.29) is 0 Å². The van der Waals surface area contributed by atoms with E-state index in [2.05, 4.69) is 78.2 Å². The van der Waals surface area contributed by atoms with Crippen LogP contribution in [-0.2, 0) is 13.0 Å². The second kappa shape index (κ2) is 13.0. The van der Waals surface area contributed by atoms with Crippen molar-refractivity contribution >= 4 is 43.8 Å². The topological polar surface area (TPSA) is 93.1 Å². The molecule has 0 aliphatic heterocycles. The Morgan fingerprint density at radius 3 is 2.76 bits per heavy atom. The first-order chi connectivity index (χ1) is 22.0. The predicted octanol–water partition coefficient (Wildman–Crippen LogP) is 7.38. The molecule has 2 atom stereocenters. The largest absolute Gasteiger partial charge is 0.497 e. The molecule has 0 radical (unpaired) electrons. The van der Waals surface area contributed by atoms with Crippen molar-refractivity contribution in [2.45, 2.75) is 63.6 Å². The Bertz CT molecular complexity index is 1780. The number of H-pyrrole nitrogens is 1. The number of nitrogens with zero attached hydrogens (tertiary/aromatic N) is 5. The monoisotopic (exact) mass is 671 g/mol. The molecular weight excluding hydrogens is 630 g/mol. The number of hydrogen-bond acceptors (Lipinski definition) is 7. The van der Waals surface area contributed by atoms with Gasteiger partial charge in [-0.25, -0.2) is 15.0 Å². The third kappa shape index (κ3) is 6.40. The van der Waals surface area contributed by atoms with Crippen molar-refractivity contribution in [1.82, 2.24) is 29.4 Å². The highest BCUT2D eigenvalue weighted by molar-refractivity contribution is 9.10. The number of aryl methyl sites for hydroxylation is 1. The maximum atomic E-state index is 5.58. The summed E-state index contributed by atoms with van der Waals surface area (Å²) in [6.45, 7) is 1.78. The molecule has 236 valence electrons. The van der Waals surface area contributed by atoms with Crippen LogP contribution < -0.4 is 14.8 Å². The molecule has 3 aromatic heterocycles. The Labute approximate surface area is 272 Å². The van der Waals surface area contributed by atoms with E-state index >= 15 is 0 Å². The number of rotatable bonds is 12. The van der Waals surface area contributed by atoms with E-state index in [0.717, 1.165) is 67.6 Å². The molecule has 10 heteroatoms. The van der Waals surface area contributed by atoms with E-state index in [1.165, 1.54) is 45.1 Å². The standard InChI is InChI=1S/C35H42BrN7O2/c1-42(27-14-22(15-27)5-11-33-40-30-10-7-25(36)17-31(30)41-33)20-23-4-8-26(16-23)43-13-12-29-34(38-21-39-35(29)43)37-19-24-6-9-28(44-2)18-32(24)45-3/h6-7,9-10,12-13,17-18,21-23,26-27H,4-5,8,11,14-16,19-20H2,1-3H3,(H,40,41)(H,37,38,39)/t22?,23-,26+,27?/m1/s1. The molecule has 2 saturated carbocycles. The van der Waals surface area contributed by atoms with Gasteiger partial charge < -0.3 is 29.2 Å². The van der Waals surface area contributed by atoms with E-state index in [1.807, 2.05) is 18.2 Å². The van der Waals surface area contributed by atoms with Gasteiger partial charge in [-0.3, -0.25) is 0 Å². The molecule has 7 rings (SSSR count). The molecule has 2 N–H and O–H groups in total. The fraction of sp³-hybridized carbons (Fsp3) is 0.457. The summed E-state index contributed by atoms with van der Waals surface area (Å²) in [4.78, 5) is 20.2. The number of imidazole rings is 1. The lowest BCUT2D eigenvalue weighted by atomic mass is 9.76. The molecule has 3 heterocycles. The first kappa shape index (κ1) is 30.0. The maximum Gasteiger partial charge on any atom is 0.145 e. The van der Waals surface area contributed by atoms with Crippen LogP contribution in [0.25, 0.3) is 22.1 Å². The second-order valence-electron chi connectivity index (χ2n) is 12.9. The predicted molar refractivity (Wildman–Crippen MR) is 182 cm³/mol. The number of aromatic amines is 1. The van der Waals surface area contributed by atoms with Gasteiger partial charge in [0.15, 0.2) is 0 Å². The molecule has 5 aromatic rings. The molecule has 2 aromatic carbocycles. The second-order valence-corrected chi connectivity index (χ2v) is 13.8. The van der Waals surface area contributed by atoms with Gasteiger partial charge in [0.1, 0.15) is 35.1 Å². The number of anilines is 1. The smallest absolute Gasteiger partial charge is 0.145 e. The minimum absolute atomic E-state index is 0.476. The van der Waals surface area contributed by atoms with Gasteiger partial charge in [0, 0.05) is 53.9 Å². The number of aromatic nitrogens is 5. The maximum absolute atomic E-state index is 5.58. The number of fused-ring (bicyclic) bond motifs is 2. The van der Waals surface area contributed by atoms with Crippen LogP contribution in [0, 0.1) is 11.8 Å².